The normalized spacial score (nSPS) is 12.4. The number of benzene rings is 18. The molecule has 0 saturated heterocycles. The molecule has 0 fully saturated rings. The summed E-state index contributed by atoms with van der Waals surface area (Å²) < 4.78 is 8.34. The summed E-state index contributed by atoms with van der Waals surface area (Å²) in [4.78, 5) is 25.5. The number of rotatable bonds is 11. The number of anilines is 5. The molecular weight excluding hydrogens is 1870 g/mol. The Labute approximate surface area is 837 Å². The Balaban J connectivity index is 0.000000124. The van der Waals surface area contributed by atoms with Crippen LogP contribution in [0, 0.1) is 3.57 Å². The van der Waals surface area contributed by atoms with Crippen molar-refractivity contribution in [2.45, 2.75) is 38.5 Å². The lowest BCUT2D eigenvalue weighted by Crippen LogP contribution is -2.31. The topological polar surface area (TPSA) is 117 Å². The monoisotopic (exact) mass is 1960 g/mol. The molecule has 18 aromatic carbocycles. The molecule has 0 bridgehead atoms. The third-order valence-corrected chi connectivity index (χ3v) is 28.2. The van der Waals surface area contributed by atoms with Gasteiger partial charge < -0.3 is 20.0 Å². The minimum Gasteiger partial charge on any atom is -0.537 e. The Morgan fingerprint density at radius 1 is 0.286 bits per heavy atom. The van der Waals surface area contributed by atoms with Crippen LogP contribution >= 0.6 is 45.8 Å². The van der Waals surface area contributed by atoms with E-state index < -0.39 is 0 Å². The van der Waals surface area contributed by atoms with Crippen LogP contribution in [0.4, 0.5) is 28.6 Å². The molecule has 0 amide bonds. The first-order chi connectivity index (χ1) is 68.6. The van der Waals surface area contributed by atoms with Gasteiger partial charge in [-0.15, -0.1) is 0 Å². The van der Waals surface area contributed by atoms with Crippen molar-refractivity contribution in [3.63, 3.8) is 0 Å². The summed E-state index contributed by atoms with van der Waals surface area (Å²) >= 11 is 14.3. The maximum absolute atomic E-state index is 8.46. The molecule has 24 aromatic rings. The standard InChI is InChI=1S/C63H44N4.C21H14ClN.C21H18N2.C12H10BO2.C9H5ClIN/c1-63(2)53-24-12-16-28-58(53)67(62-39-51(48-22-10-14-26-56(48)65-62)46-35-31-44(32-36-46)42-19-7-4-8-20-42)60-40-59-52(37-54(60)63)49-23-11-15-27-57(49)66(59)61-38-50(47-21-9-13-25-55(47)64-61)45-33-29-43(30-34-45)41-17-5-3-6-18-41;22-21-14-19(18-8-4-5-9-20(18)23-21)17-12-10-16(11-13-17)15-6-2-1-3-7-15;1-21(2)15-8-4-6-10-18(15)23-20-12-19-14(11-16(20)21)13-7-3-5-9-17(13)22-19;14-13-15-12-8-6-11(7-9-12)10-4-2-1-3-5-10;10-9-5-7(11)6-3-1-2-4-8(6)12-9/h3-40H,1-2H3;1-14H;3-12,22-23H,1-2H3;1-9,14H;1-5H. The Morgan fingerprint density at radius 2 is 0.671 bits per heavy atom. The van der Waals surface area contributed by atoms with E-state index in [0.29, 0.717) is 23.7 Å². The van der Waals surface area contributed by atoms with Gasteiger partial charge in [0.05, 0.1) is 44.5 Å². The molecule has 8 heterocycles. The Hall–Kier alpha value is -16.1. The van der Waals surface area contributed by atoms with Crippen LogP contribution in [0.2, 0.25) is 10.3 Å². The number of aromatic amines is 1. The molecule has 10 nitrogen and oxygen atoms in total. The summed E-state index contributed by atoms with van der Waals surface area (Å²) in [6.45, 7) is 9.35. The lowest BCUT2D eigenvalue weighted by atomic mass is 9.73. The first-order valence-electron chi connectivity index (χ1n) is 46.8. The molecule has 2 aliphatic rings. The number of aromatic nitrogens is 6. The van der Waals surface area contributed by atoms with Gasteiger partial charge in [0, 0.05) is 79.9 Å². The summed E-state index contributed by atoms with van der Waals surface area (Å²) in [5.41, 5.74) is 34.2. The summed E-state index contributed by atoms with van der Waals surface area (Å²) in [6.07, 6.45) is 0. The second-order valence-electron chi connectivity index (χ2n) is 36.1. The molecule has 26 rings (SSSR count). The summed E-state index contributed by atoms with van der Waals surface area (Å²) in [5.74, 6) is 2.37. The van der Waals surface area contributed by atoms with E-state index in [9.17, 15) is 0 Å². The van der Waals surface area contributed by atoms with Gasteiger partial charge in [-0.3, -0.25) is 9.47 Å². The predicted molar refractivity (Wildman–Crippen MR) is 595 cm³/mol. The van der Waals surface area contributed by atoms with Crippen molar-refractivity contribution >= 4 is 169 Å². The molecule has 1 radical (unpaired) electrons. The van der Waals surface area contributed by atoms with Gasteiger partial charge in [-0.25, -0.2) is 19.9 Å². The highest BCUT2D eigenvalue weighted by molar-refractivity contribution is 14.1. The first-order valence-corrected chi connectivity index (χ1v) is 48.6. The third kappa shape index (κ3) is 17.5. The highest BCUT2D eigenvalue weighted by atomic mass is 127. The van der Waals surface area contributed by atoms with E-state index >= 15 is 0 Å². The fourth-order valence-electron chi connectivity index (χ4n) is 20.0. The van der Waals surface area contributed by atoms with Crippen LogP contribution in [0.25, 0.3) is 171 Å². The lowest BCUT2D eigenvalue weighted by molar-refractivity contribution is 0.454. The second-order valence-corrected chi connectivity index (χ2v) is 38.1. The molecule has 0 aliphatic carbocycles. The Bertz CT molecular complexity index is 8750. The highest BCUT2D eigenvalue weighted by Gasteiger charge is 2.39. The number of pyridine rings is 4. The molecule has 0 spiro atoms. The summed E-state index contributed by atoms with van der Waals surface area (Å²) in [5, 5.41) is 22.6. The van der Waals surface area contributed by atoms with Gasteiger partial charge in [-0.05, 0) is 232 Å². The number of nitrogens with zero attached hydrogens (tertiary/aromatic N) is 6. The van der Waals surface area contributed by atoms with Crippen LogP contribution in [0.1, 0.15) is 49.9 Å². The second kappa shape index (κ2) is 38.5. The minimum atomic E-state index is -0.312. The highest BCUT2D eigenvalue weighted by Crippen LogP contribution is 2.55. The van der Waals surface area contributed by atoms with Crippen molar-refractivity contribution in [2.24, 2.45) is 0 Å². The number of halogens is 3. The quantitative estimate of drug-likeness (QED) is 0.0666. The van der Waals surface area contributed by atoms with E-state index in [0.717, 1.165) is 126 Å². The predicted octanol–water partition coefficient (Wildman–Crippen LogP) is 34.3. The van der Waals surface area contributed by atoms with Crippen molar-refractivity contribution in [1.29, 1.82) is 0 Å². The zero-order valence-corrected chi connectivity index (χ0v) is 80.8. The average Bonchev–Trinajstić information content (AvgIpc) is 1.35. The van der Waals surface area contributed by atoms with Gasteiger partial charge in [0.25, 0.3) is 0 Å². The number of hydrogen-bond donors (Lipinski definition) is 3. The van der Waals surface area contributed by atoms with Crippen LogP contribution in [-0.4, -0.2) is 42.2 Å². The lowest BCUT2D eigenvalue weighted by Gasteiger charge is -2.41. The number of hydrogen-bond acceptors (Lipinski definition) is 8. The van der Waals surface area contributed by atoms with Crippen molar-refractivity contribution in [3.8, 4) is 89.5 Å². The van der Waals surface area contributed by atoms with E-state index in [4.69, 9.17) is 42.8 Å². The number of H-pyrrole nitrogens is 1. The van der Waals surface area contributed by atoms with Crippen LogP contribution in [-0.2, 0) is 10.8 Å². The molecule has 14 heteroatoms. The van der Waals surface area contributed by atoms with Gasteiger partial charge in [-0.1, -0.05) is 403 Å². The Morgan fingerprint density at radius 3 is 1.21 bits per heavy atom. The molecular formula is C126H91BCl2IN8O2. The Kier molecular flexibility index (Phi) is 24.5. The maximum atomic E-state index is 8.46. The largest absolute Gasteiger partial charge is 0.569 e. The fraction of sp³-hybridized carbons (Fsp3) is 0.0476. The van der Waals surface area contributed by atoms with Gasteiger partial charge in [-0.2, -0.15) is 0 Å². The molecule has 3 N–H and O–H groups in total. The zero-order chi connectivity index (χ0) is 95.0. The molecule has 671 valence electrons. The zero-order valence-electron chi connectivity index (χ0n) is 77.1. The molecule has 0 saturated carbocycles. The summed E-state index contributed by atoms with van der Waals surface area (Å²) in [7, 11) is 0.678. The van der Waals surface area contributed by atoms with E-state index in [1.807, 2.05) is 115 Å². The molecule has 0 unspecified atom stereocenters. The van der Waals surface area contributed by atoms with Gasteiger partial charge in [0.1, 0.15) is 27.7 Å². The van der Waals surface area contributed by atoms with Crippen molar-refractivity contribution in [1.82, 2.24) is 29.5 Å². The molecule has 2 aliphatic heterocycles. The van der Waals surface area contributed by atoms with Crippen molar-refractivity contribution < 1.29 is 9.68 Å². The van der Waals surface area contributed by atoms with E-state index in [2.05, 4.69) is 426 Å². The van der Waals surface area contributed by atoms with Crippen LogP contribution in [0.5, 0.6) is 5.75 Å². The first kappa shape index (κ1) is 89.2. The van der Waals surface area contributed by atoms with Crippen LogP contribution < -0.4 is 14.9 Å². The van der Waals surface area contributed by atoms with Gasteiger partial charge in [0.2, 0.25) is 0 Å². The SMILES string of the molecule is CC1(C)c2ccccc2N(c2cc(-c3ccc(-c4ccccc4)cc3)c3ccccc3n2)c2cc3c(cc21)c1ccccc1n3-c1cc(-c2ccc(-c3ccccc3)cc2)c2ccccc2n1.CC1(C)c2ccccc2Nc2cc3[nH]c4ccccc4c3cc21.Clc1cc(-c2ccc(-c3ccccc3)cc2)c2ccccc2n1.Clc1cc(I)c2ccccc2n1.O[B]Oc1ccc(-c2ccccc2)cc1. The summed E-state index contributed by atoms with van der Waals surface area (Å²) in [6, 6.07) is 161. The number of para-hydroxylation sites is 8. The van der Waals surface area contributed by atoms with Gasteiger partial charge in [0.15, 0.2) is 0 Å². The average molecular weight is 1960 g/mol. The third-order valence-electron chi connectivity index (χ3n) is 27.0. The molecule has 6 aromatic heterocycles. The smallest absolute Gasteiger partial charge is 0.537 e. The molecule has 0 atom stereocenters. The number of fused-ring (bicyclic) bond motifs is 14. The van der Waals surface area contributed by atoms with Crippen LogP contribution in [0.15, 0.2) is 461 Å². The van der Waals surface area contributed by atoms with E-state index in [1.54, 1.807) is 0 Å². The fourth-order valence-corrected chi connectivity index (χ4v) is 21.3. The minimum absolute atomic E-state index is 0.0102. The molecule has 140 heavy (non-hydrogen) atoms. The van der Waals surface area contributed by atoms with Crippen LogP contribution in [0.3, 0.4) is 0 Å². The van der Waals surface area contributed by atoms with Gasteiger partial charge >= 0.3 is 7.69 Å². The number of nitrogens with one attached hydrogen (secondary N) is 2. The van der Waals surface area contributed by atoms with E-state index in [1.165, 1.54) is 99.6 Å². The van der Waals surface area contributed by atoms with Crippen molar-refractivity contribution in [3.05, 3.63) is 497 Å². The van der Waals surface area contributed by atoms with E-state index in [-0.39, 0.29) is 10.8 Å². The maximum Gasteiger partial charge on any atom is 0.569 e. The van der Waals surface area contributed by atoms with Crippen molar-refractivity contribution in [2.75, 3.05) is 10.2 Å².